The van der Waals surface area contributed by atoms with Crippen LogP contribution in [0, 0.1) is 18.6 Å². The summed E-state index contributed by atoms with van der Waals surface area (Å²) in [5.41, 5.74) is 1.67. The summed E-state index contributed by atoms with van der Waals surface area (Å²) in [6.45, 7) is 2.25. The second-order valence-corrected chi connectivity index (χ2v) is 9.26. The van der Waals surface area contributed by atoms with Gasteiger partial charge in [-0.25, -0.2) is 8.78 Å². The molecule has 5 rings (SSSR count). The van der Waals surface area contributed by atoms with Gasteiger partial charge in [0.15, 0.2) is 11.6 Å². The molecule has 7 heteroatoms. The maximum atomic E-state index is 15.3. The van der Waals surface area contributed by atoms with Crippen molar-refractivity contribution in [2.24, 2.45) is 0 Å². The van der Waals surface area contributed by atoms with Gasteiger partial charge in [0, 0.05) is 27.2 Å². The molecule has 0 aliphatic carbocycles. The molecular weight excluding hydrogens is 453 g/mol. The Bertz CT molecular complexity index is 1250. The highest BCUT2D eigenvalue weighted by Crippen LogP contribution is 2.58. The lowest BCUT2D eigenvalue weighted by Crippen LogP contribution is -2.55. The van der Waals surface area contributed by atoms with E-state index in [1.54, 1.807) is 37.3 Å². The minimum atomic E-state index is -1.22. The number of rotatable bonds is 2. The summed E-state index contributed by atoms with van der Waals surface area (Å²) in [7, 11) is 0. The number of halogens is 4. The fourth-order valence-electron chi connectivity index (χ4n) is 5.42. The average molecular weight is 473 g/mol. The lowest BCUT2D eigenvalue weighted by atomic mass is 9.59. The first-order valence-corrected chi connectivity index (χ1v) is 11.1. The molecule has 3 aromatic rings. The van der Waals surface area contributed by atoms with E-state index in [-0.39, 0.29) is 17.4 Å². The number of amides is 1. The summed E-state index contributed by atoms with van der Waals surface area (Å²) in [5.74, 6) is -2.48. The van der Waals surface area contributed by atoms with Crippen LogP contribution in [0.2, 0.25) is 10.0 Å². The lowest BCUT2D eigenvalue weighted by Gasteiger charge is -2.47. The molecule has 2 aliphatic rings. The molecule has 0 aromatic heterocycles. The largest absolute Gasteiger partial charge is 0.325 e. The van der Waals surface area contributed by atoms with E-state index >= 15 is 4.39 Å². The van der Waals surface area contributed by atoms with E-state index in [9.17, 15) is 9.18 Å². The molecule has 2 aliphatic heterocycles. The molecule has 3 nitrogen and oxygen atoms in total. The zero-order valence-electron chi connectivity index (χ0n) is 17.2. The van der Waals surface area contributed by atoms with Crippen molar-refractivity contribution >= 4 is 34.8 Å². The number of carbonyl (C=O) groups excluding carboxylic acids is 1. The summed E-state index contributed by atoms with van der Waals surface area (Å²) in [6, 6.07) is 14.5. The van der Waals surface area contributed by atoms with E-state index in [1.807, 2.05) is 18.2 Å². The Morgan fingerprint density at radius 2 is 1.81 bits per heavy atom. The van der Waals surface area contributed by atoms with Gasteiger partial charge in [0.2, 0.25) is 5.91 Å². The van der Waals surface area contributed by atoms with E-state index in [2.05, 4.69) is 10.6 Å². The number of carbonyl (C=O) groups is 1. The molecule has 3 atom stereocenters. The van der Waals surface area contributed by atoms with Gasteiger partial charge in [-0.05, 0) is 66.9 Å². The normalized spacial score (nSPS) is 24.5. The van der Waals surface area contributed by atoms with Crippen molar-refractivity contribution in [3.05, 3.63) is 98.5 Å². The van der Waals surface area contributed by atoms with Crippen LogP contribution in [-0.4, -0.2) is 12.5 Å². The number of nitrogens with one attached hydrogen (secondary N) is 2. The van der Waals surface area contributed by atoms with Crippen LogP contribution in [0.1, 0.15) is 40.6 Å². The minimum absolute atomic E-state index is 0.162. The standard InChI is InChI=1S/C25H20Cl2F2N2O/c1-13-5-8-19(28)22(29)21(13)23-25(18-7-6-16(27)12-20(18)31-24(25)32)17(9-10-30-23)14-3-2-4-15(26)11-14/h2-8,11-12,17,23,30H,9-10H2,1H3,(H,31,32)/t17-,23+,25+/m0/s1. The van der Waals surface area contributed by atoms with Gasteiger partial charge in [0.25, 0.3) is 0 Å². The van der Waals surface area contributed by atoms with Gasteiger partial charge < -0.3 is 10.6 Å². The Morgan fingerprint density at radius 3 is 2.59 bits per heavy atom. The van der Waals surface area contributed by atoms with Crippen LogP contribution < -0.4 is 10.6 Å². The Balaban J connectivity index is 1.83. The Hall–Kier alpha value is -2.47. The van der Waals surface area contributed by atoms with E-state index in [4.69, 9.17) is 23.2 Å². The number of hydrogen-bond acceptors (Lipinski definition) is 2. The zero-order valence-corrected chi connectivity index (χ0v) is 18.7. The molecule has 1 saturated heterocycles. The third-order valence-electron chi connectivity index (χ3n) is 6.73. The number of piperidine rings is 1. The Morgan fingerprint density at radius 1 is 1.03 bits per heavy atom. The van der Waals surface area contributed by atoms with Crippen molar-refractivity contribution in [1.29, 1.82) is 0 Å². The van der Waals surface area contributed by atoms with E-state index in [0.29, 0.717) is 39.8 Å². The minimum Gasteiger partial charge on any atom is -0.325 e. The molecule has 0 radical (unpaired) electrons. The quantitative estimate of drug-likeness (QED) is 0.460. The van der Waals surface area contributed by atoms with E-state index in [1.165, 1.54) is 0 Å². The fourth-order valence-corrected chi connectivity index (χ4v) is 5.79. The van der Waals surface area contributed by atoms with Crippen molar-refractivity contribution in [3.8, 4) is 0 Å². The first-order valence-electron chi connectivity index (χ1n) is 10.4. The van der Waals surface area contributed by atoms with Gasteiger partial charge in [0.05, 0.1) is 6.04 Å². The molecule has 164 valence electrons. The predicted molar refractivity (Wildman–Crippen MR) is 122 cm³/mol. The number of hydrogen-bond donors (Lipinski definition) is 2. The van der Waals surface area contributed by atoms with Gasteiger partial charge in [-0.1, -0.05) is 47.5 Å². The number of fused-ring (bicyclic) bond motifs is 2. The zero-order chi connectivity index (χ0) is 22.6. The van der Waals surface area contributed by atoms with Crippen LogP contribution in [0.15, 0.2) is 54.6 Å². The highest BCUT2D eigenvalue weighted by atomic mass is 35.5. The Kier molecular flexibility index (Phi) is 5.24. The molecule has 1 spiro atoms. The van der Waals surface area contributed by atoms with Gasteiger partial charge in [-0.15, -0.1) is 0 Å². The second kappa shape index (κ2) is 7.84. The van der Waals surface area contributed by atoms with Crippen LogP contribution >= 0.6 is 23.2 Å². The summed E-state index contributed by atoms with van der Waals surface area (Å²) in [4.78, 5) is 13.8. The summed E-state index contributed by atoms with van der Waals surface area (Å²) < 4.78 is 29.6. The monoisotopic (exact) mass is 472 g/mol. The highest BCUT2D eigenvalue weighted by molar-refractivity contribution is 6.31. The first kappa shape index (κ1) is 21.4. The molecule has 1 fully saturated rings. The van der Waals surface area contributed by atoms with Crippen molar-refractivity contribution in [2.45, 2.75) is 30.7 Å². The van der Waals surface area contributed by atoms with Gasteiger partial charge >= 0.3 is 0 Å². The van der Waals surface area contributed by atoms with Crippen molar-refractivity contribution in [2.75, 3.05) is 11.9 Å². The Labute approximate surface area is 194 Å². The molecule has 1 amide bonds. The highest BCUT2D eigenvalue weighted by Gasteiger charge is 2.60. The van der Waals surface area contributed by atoms with Crippen LogP contribution in [0.25, 0.3) is 0 Å². The summed E-state index contributed by atoms with van der Waals surface area (Å²) in [6.07, 6.45) is 0.613. The number of aryl methyl sites for hydroxylation is 1. The maximum absolute atomic E-state index is 15.3. The van der Waals surface area contributed by atoms with Gasteiger partial charge in [-0.3, -0.25) is 4.79 Å². The van der Waals surface area contributed by atoms with Gasteiger partial charge in [0.1, 0.15) is 5.41 Å². The third kappa shape index (κ3) is 3.06. The summed E-state index contributed by atoms with van der Waals surface area (Å²) >= 11 is 12.5. The smallest absolute Gasteiger partial charge is 0.237 e. The third-order valence-corrected chi connectivity index (χ3v) is 7.20. The second-order valence-electron chi connectivity index (χ2n) is 8.39. The fraction of sp³-hybridized carbons (Fsp3) is 0.240. The first-order chi connectivity index (χ1) is 15.3. The molecule has 0 saturated carbocycles. The maximum Gasteiger partial charge on any atom is 0.237 e. The molecule has 2 N–H and O–H groups in total. The van der Waals surface area contributed by atoms with Crippen LogP contribution in [0.4, 0.5) is 14.5 Å². The van der Waals surface area contributed by atoms with Crippen LogP contribution in [-0.2, 0) is 10.2 Å². The lowest BCUT2D eigenvalue weighted by molar-refractivity contribution is -0.123. The van der Waals surface area contributed by atoms with Gasteiger partial charge in [-0.2, -0.15) is 0 Å². The van der Waals surface area contributed by atoms with Crippen molar-refractivity contribution in [1.82, 2.24) is 5.32 Å². The number of anilines is 1. The average Bonchev–Trinajstić information content (AvgIpc) is 3.03. The topological polar surface area (TPSA) is 41.1 Å². The number of benzene rings is 3. The van der Waals surface area contributed by atoms with Crippen LogP contribution in [0.5, 0.6) is 0 Å². The molecule has 2 heterocycles. The predicted octanol–water partition coefficient (Wildman–Crippen LogP) is 6.29. The molecule has 0 bridgehead atoms. The van der Waals surface area contributed by atoms with Crippen molar-refractivity contribution < 1.29 is 13.6 Å². The molecule has 3 aromatic carbocycles. The van der Waals surface area contributed by atoms with E-state index in [0.717, 1.165) is 11.6 Å². The molecule has 32 heavy (non-hydrogen) atoms. The molecule has 0 unspecified atom stereocenters. The molecular formula is C25H20Cl2F2N2O. The van der Waals surface area contributed by atoms with Crippen LogP contribution in [0.3, 0.4) is 0 Å². The SMILES string of the molecule is Cc1ccc(F)c(F)c1[C@H]1NCC[C@@H](c2cccc(Cl)c2)[C@]12C(=O)Nc1cc(Cl)ccc12. The van der Waals surface area contributed by atoms with E-state index < -0.39 is 23.1 Å². The van der Waals surface area contributed by atoms with Crippen molar-refractivity contribution in [3.63, 3.8) is 0 Å². The summed E-state index contributed by atoms with van der Waals surface area (Å²) in [5, 5.41) is 7.33.